The number of amides is 1. The maximum absolute atomic E-state index is 12.0. The van der Waals surface area contributed by atoms with Crippen LogP contribution in [0.4, 0.5) is 0 Å². The fourth-order valence-electron chi connectivity index (χ4n) is 2.57. The molecule has 3 N–H and O–H groups in total. The first kappa shape index (κ1) is 9.60. The Kier molecular flexibility index (Phi) is 2.04. The summed E-state index contributed by atoms with van der Waals surface area (Å²) in [6.45, 7) is 0.646. The first-order chi connectivity index (χ1) is 7.20. The molecule has 0 aromatic rings. The van der Waals surface area contributed by atoms with Gasteiger partial charge in [0.2, 0.25) is 5.91 Å². The minimum absolute atomic E-state index is 0.0122. The molecule has 4 heteroatoms. The first-order valence-corrected chi connectivity index (χ1v) is 5.93. The molecule has 1 aliphatic heterocycles. The topological polar surface area (TPSA) is 61.4 Å². The van der Waals surface area contributed by atoms with Gasteiger partial charge in [-0.05, 0) is 32.1 Å². The zero-order valence-corrected chi connectivity index (χ0v) is 8.83. The highest BCUT2D eigenvalue weighted by atomic mass is 16.3. The maximum Gasteiger partial charge on any atom is 0.225 e. The molecular formula is C11H18N2O2. The number of nitrogens with one attached hydrogen (secondary N) is 2. The third kappa shape index (κ3) is 1.76. The molecule has 84 valence electrons. The Labute approximate surface area is 89.4 Å². The SMILES string of the molecule is O=C(NC1CC1)C1CC(O)CNC12CC2. The van der Waals surface area contributed by atoms with Crippen LogP contribution in [0.3, 0.4) is 0 Å². The van der Waals surface area contributed by atoms with Crippen LogP contribution in [0.1, 0.15) is 32.1 Å². The van der Waals surface area contributed by atoms with Gasteiger partial charge in [-0.25, -0.2) is 0 Å². The van der Waals surface area contributed by atoms with Crippen LogP contribution < -0.4 is 10.6 Å². The Bertz CT molecular complexity index is 284. The van der Waals surface area contributed by atoms with E-state index in [0.717, 1.165) is 25.7 Å². The summed E-state index contributed by atoms with van der Waals surface area (Å²) in [5.41, 5.74) is 0.0399. The summed E-state index contributed by atoms with van der Waals surface area (Å²) < 4.78 is 0. The molecule has 15 heavy (non-hydrogen) atoms. The number of hydrogen-bond donors (Lipinski definition) is 3. The Hall–Kier alpha value is -0.610. The molecule has 1 spiro atoms. The molecule has 3 fully saturated rings. The van der Waals surface area contributed by atoms with Crippen molar-refractivity contribution < 1.29 is 9.90 Å². The van der Waals surface area contributed by atoms with Crippen molar-refractivity contribution in [2.75, 3.05) is 6.54 Å². The van der Waals surface area contributed by atoms with Gasteiger partial charge in [-0.1, -0.05) is 0 Å². The van der Waals surface area contributed by atoms with Crippen LogP contribution in [0.15, 0.2) is 0 Å². The summed E-state index contributed by atoms with van der Waals surface area (Å²) >= 11 is 0. The molecule has 3 rings (SSSR count). The normalized spacial score (nSPS) is 37.7. The molecule has 0 radical (unpaired) electrons. The smallest absolute Gasteiger partial charge is 0.225 e. The van der Waals surface area contributed by atoms with Crippen molar-refractivity contribution in [3.05, 3.63) is 0 Å². The maximum atomic E-state index is 12.0. The average Bonchev–Trinajstić information content (AvgIpc) is 3.07. The monoisotopic (exact) mass is 210 g/mol. The van der Waals surface area contributed by atoms with Crippen molar-refractivity contribution in [1.29, 1.82) is 0 Å². The van der Waals surface area contributed by atoms with E-state index in [-0.39, 0.29) is 23.5 Å². The van der Waals surface area contributed by atoms with Crippen molar-refractivity contribution in [2.24, 2.45) is 5.92 Å². The van der Waals surface area contributed by atoms with Crippen molar-refractivity contribution in [1.82, 2.24) is 10.6 Å². The zero-order chi connectivity index (χ0) is 10.5. The fourth-order valence-corrected chi connectivity index (χ4v) is 2.57. The van der Waals surface area contributed by atoms with E-state index in [1.807, 2.05) is 0 Å². The van der Waals surface area contributed by atoms with Crippen LogP contribution in [0, 0.1) is 5.92 Å². The predicted molar refractivity (Wildman–Crippen MR) is 55.2 cm³/mol. The molecule has 3 aliphatic rings. The number of rotatable bonds is 2. The van der Waals surface area contributed by atoms with Crippen LogP contribution in [-0.2, 0) is 4.79 Å². The highest BCUT2D eigenvalue weighted by molar-refractivity contribution is 5.81. The van der Waals surface area contributed by atoms with Gasteiger partial charge in [-0.15, -0.1) is 0 Å². The fraction of sp³-hybridized carbons (Fsp3) is 0.909. The second-order valence-corrected chi connectivity index (χ2v) is 5.26. The second kappa shape index (κ2) is 3.19. The Morgan fingerprint density at radius 3 is 2.73 bits per heavy atom. The van der Waals surface area contributed by atoms with Crippen molar-refractivity contribution in [3.8, 4) is 0 Å². The number of aliphatic hydroxyl groups excluding tert-OH is 1. The van der Waals surface area contributed by atoms with E-state index in [1.54, 1.807) is 0 Å². The Balaban J connectivity index is 1.67. The predicted octanol–water partition coefficient (Wildman–Crippen LogP) is -0.232. The Morgan fingerprint density at radius 1 is 1.40 bits per heavy atom. The lowest BCUT2D eigenvalue weighted by molar-refractivity contribution is -0.128. The highest BCUT2D eigenvalue weighted by Gasteiger charge is 2.55. The van der Waals surface area contributed by atoms with Crippen molar-refractivity contribution in [2.45, 2.75) is 49.8 Å². The number of piperidine rings is 1. The molecule has 2 unspecified atom stereocenters. The molecule has 2 aliphatic carbocycles. The number of carbonyl (C=O) groups excluding carboxylic acids is 1. The van der Waals surface area contributed by atoms with E-state index in [4.69, 9.17) is 0 Å². The van der Waals surface area contributed by atoms with Gasteiger partial charge < -0.3 is 15.7 Å². The van der Waals surface area contributed by atoms with E-state index in [1.165, 1.54) is 0 Å². The summed E-state index contributed by atoms with van der Waals surface area (Å²) in [5, 5.41) is 16.0. The van der Waals surface area contributed by atoms with Gasteiger partial charge in [0.1, 0.15) is 0 Å². The van der Waals surface area contributed by atoms with E-state index >= 15 is 0 Å². The van der Waals surface area contributed by atoms with Crippen LogP contribution in [-0.4, -0.2) is 35.2 Å². The van der Waals surface area contributed by atoms with Crippen molar-refractivity contribution in [3.63, 3.8) is 0 Å². The first-order valence-electron chi connectivity index (χ1n) is 5.93. The highest BCUT2D eigenvalue weighted by Crippen LogP contribution is 2.46. The number of carbonyl (C=O) groups is 1. The van der Waals surface area contributed by atoms with Crippen LogP contribution in [0.25, 0.3) is 0 Å². The molecule has 0 bridgehead atoms. The summed E-state index contributed by atoms with van der Waals surface area (Å²) in [4.78, 5) is 12.0. The third-order valence-electron chi connectivity index (χ3n) is 3.89. The quantitative estimate of drug-likeness (QED) is 0.590. The van der Waals surface area contributed by atoms with Gasteiger partial charge in [0, 0.05) is 18.1 Å². The van der Waals surface area contributed by atoms with Crippen LogP contribution >= 0.6 is 0 Å². The summed E-state index contributed by atoms with van der Waals surface area (Å²) in [5.74, 6) is 0.142. The van der Waals surface area contributed by atoms with Gasteiger partial charge in [0.05, 0.1) is 12.0 Å². The largest absolute Gasteiger partial charge is 0.392 e. The molecule has 1 amide bonds. The Morgan fingerprint density at radius 2 is 2.13 bits per heavy atom. The summed E-state index contributed by atoms with van der Waals surface area (Å²) in [7, 11) is 0. The van der Waals surface area contributed by atoms with E-state index in [2.05, 4.69) is 10.6 Å². The zero-order valence-electron chi connectivity index (χ0n) is 8.83. The summed E-state index contributed by atoms with van der Waals surface area (Å²) in [6.07, 6.45) is 4.70. The molecular weight excluding hydrogens is 192 g/mol. The van der Waals surface area contributed by atoms with E-state index in [9.17, 15) is 9.90 Å². The van der Waals surface area contributed by atoms with Gasteiger partial charge in [-0.2, -0.15) is 0 Å². The van der Waals surface area contributed by atoms with Crippen LogP contribution in [0.5, 0.6) is 0 Å². The number of aliphatic hydroxyl groups is 1. The minimum Gasteiger partial charge on any atom is -0.392 e. The van der Waals surface area contributed by atoms with Crippen LogP contribution in [0.2, 0.25) is 0 Å². The van der Waals surface area contributed by atoms with Gasteiger partial charge in [0.15, 0.2) is 0 Å². The second-order valence-electron chi connectivity index (χ2n) is 5.26. The van der Waals surface area contributed by atoms with Crippen molar-refractivity contribution >= 4 is 5.91 Å². The average molecular weight is 210 g/mol. The third-order valence-corrected chi connectivity index (χ3v) is 3.89. The lowest BCUT2D eigenvalue weighted by Gasteiger charge is -2.34. The molecule has 2 atom stereocenters. The molecule has 1 heterocycles. The molecule has 0 aromatic heterocycles. The van der Waals surface area contributed by atoms with Gasteiger partial charge in [-0.3, -0.25) is 4.79 Å². The summed E-state index contributed by atoms with van der Waals surface area (Å²) in [6, 6.07) is 0.423. The van der Waals surface area contributed by atoms with Gasteiger partial charge >= 0.3 is 0 Å². The minimum atomic E-state index is -0.355. The van der Waals surface area contributed by atoms with E-state index in [0.29, 0.717) is 19.0 Å². The van der Waals surface area contributed by atoms with Gasteiger partial charge in [0.25, 0.3) is 0 Å². The number of hydrogen-bond acceptors (Lipinski definition) is 3. The molecule has 0 aromatic carbocycles. The molecule has 4 nitrogen and oxygen atoms in total. The number of β-amino-alcohol motifs (C(OH)–C–C–N with tert-alkyl or cyclic N) is 1. The van der Waals surface area contributed by atoms with E-state index < -0.39 is 0 Å². The molecule has 2 saturated carbocycles. The standard InChI is InChI=1S/C11H18N2O2/c14-8-5-9(10(15)13-7-1-2-7)11(3-4-11)12-6-8/h7-9,12,14H,1-6H2,(H,13,15). The lowest BCUT2D eigenvalue weighted by atomic mass is 9.86. The molecule has 1 saturated heterocycles. The lowest BCUT2D eigenvalue weighted by Crippen LogP contribution is -2.55.